The van der Waals surface area contributed by atoms with Crippen LogP contribution in [0.3, 0.4) is 0 Å². The second-order valence-electron chi connectivity index (χ2n) is 8.69. The normalized spacial score (nSPS) is 10.5. The number of thiol groups is 1. The second-order valence-corrected chi connectivity index (χ2v) is 13.1. The highest BCUT2D eigenvalue weighted by molar-refractivity contribution is 8.10. The van der Waals surface area contributed by atoms with Crippen molar-refractivity contribution in [1.29, 1.82) is 0 Å². The molecule has 0 saturated carbocycles. The van der Waals surface area contributed by atoms with Gasteiger partial charge in [0.15, 0.2) is 0 Å². The molecule has 0 heterocycles. The van der Waals surface area contributed by atoms with Gasteiger partial charge in [-0.2, -0.15) is 0 Å². The Morgan fingerprint density at radius 2 is 1.51 bits per heavy atom. The van der Waals surface area contributed by atoms with E-state index in [1.807, 2.05) is 11.0 Å². The van der Waals surface area contributed by atoms with E-state index in [9.17, 15) is 4.57 Å². The molecule has 0 amide bonds. The topological polar surface area (TPSA) is 73.2 Å². The highest BCUT2D eigenvalue weighted by Crippen LogP contribution is 2.33. The van der Waals surface area contributed by atoms with E-state index in [-0.39, 0.29) is 24.4 Å². The number of quaternary nitrogens is 1. The van der Waals surface area contributed by atoms with E-state index in [4.69, 9.17) is 73.1 Å². The smallest absolute Gasteiger partial charge is 0.326 e. The van der Waals surface area contributed by atoms with Crippen LogP contribution in [0, 0.1) is 0 Å². The van der Waals surface area contributed by atoms with E-state index < -0.39 is 7.60 Å². The highest BCUT2D eigenvalue weighted by atomic mass is 35.5. The zero-order valence-corrected chi connectivity index (χ0v) is 30.4. The van der Waals surface area contributed by atoms with Crippen LogP contribution < -0.4 is 17.1 Å². The molecule has 0 fully saturated rings. The van der Waals surface area contributed by atoms with E-state index in [0.29, 0.717) is 21.0 Å². The number of halogens is 5. The average molecular weight is 714 g/mol. The Labute approximate surface area is 274 Å². The molecule has 234 valence electrons. The largest absolute Gasteiger partial charge is 1.00 e. The molecular weight excluding hydrogens is 667 g/mol. The number of hydrogen-bond donors (Lipinski definition) is 3. The third-order valence-corrected chi connectivity index (χ3v) is 7.33. The standard InChI is InChI=1S/C12H17Cl2NO.C5H13ClN.C5H11NS2.C2H6ClO3P.ClH/c1-3-15(4-2)7-8-16-10-5-6-11(13)12(14)9-10;1-7(2,3)5-4-6;1-3-6(4-2)5(7)8;3-1-2-7(4,5)6;/h5-6,9H,3-4,7-8H2,1-2H3;4-5H2,1-3H3;3-4H2,1-2H3,(H,7,8);1-2H2,(H2,4,5,6);1H/q;+1;;;/p-1. The van der Waals surface area contributed by atoms with Gasteiger partial charge < -0.3 is 41.2 Å². The molecule has 1 rings (SSSR count). The van der Waals surface area contributed by atoms with Crippen molar-refractivity contribution >= 4 is 83.2 Å². The Morgan fingerprint density at radius 3 is 1.74 bits per heavy atom. The Morgan fingerprint density at radius 1 is 1.00 bits per heavy atom. The summed E-state index contributed by atoms with van der Waals surface area (Å²) in [6, 6.07) is 5.32. The minimum Gasteiger partial charge on any atom is -1.00 e. The average Bonchev–Trinajstić information content (AvgIpc) is 2.79. The van der Waals surface area contributed by atoms with Gasteiger partial charge in [-0.15, -0.1) is 35.8 Å². The van der Waals surface area contributed by atoms with Gasteiger partial charge >= 0.3 is 7.60 Å². The molecule has 0 aromatic heterocycles. The quantitative estimate of drug-likeness (QED) is 0.101. The molecule has 0 spiro atoms. The molecule has 0 unspecified atom stereocenters. The number of alkyl halides is 2. The summed E-state index contributed by atoms with van der Waals surface area (Å²) >= 11 is 31.0. The van der Waals surface area contributed by atoms with Crippen LogP contribution in [0.2, 0.25) is 10.0 Å². The number of ether oxygens (including phenoxy) is 1. The molecule has 1 aromatic rings. The fourth-order valence-electron chi connectivity index (χ4n) is 2.26. The zero-order valence-electron chi connectivity index (χ0n) is 24.0. The summed E-state index contributed by atoms with van der Waals surface area (Å²) in [5.41, 5.74) is 0. The monoisotopic (exact) mass is 711 g/mol. The molecule has 0 bridgehead atoms. The lowest BCUT2D eigenvalue weighted by atomic mass is 10.3. The van der Waals surface area contributed by atoms with Crippen molar-refractivity contribution in [2.45, 2.75) is 27.7 Å². The summed E-state index contributed by atoms with van der Waals surface area (Å²) in [6.07, 6.45) is -0.228. The Kier molecular flexibility index (Phi) is 33.1. The third kappa shape index (κ3) is 33.2. The number of thiocarbonyl (C=S) groups is 1. The molecule has 0 aliphatic rings. The lowest BCUT2D eigenvalue weighted by Gasteiger charge is -2.21. The van der Waals surface area contributed by atoms with Crippen molar-refractivity contribution in [2.75, 3.05) is 84.9 Å². The van der Waals surface area contributed by atoms with Gasteiger partial charge in [0.2, 0.25) is 0 Å². The first-order valence-electron chi connectivity index (χ1n) is 12.3. The van der Waals surface area contributed by atoms with E-state index in [1.54, 1.807) is 12.1 Å². The van der Waals surface area contributed by atoms with Crippen molar-refractivity contribution in [3.8, 4) is 5.75 Å². The Bertz CT molecular complexity index is 783. The summed E-state index contributed by atoms with van der Waals surface area (Å²) in [5.74, 6) is 1.54. The number of likely N-dealkylation sites (N-methyl/N-ethyl adjacent to an activating group) is 1. The minimum absolute atomic E-state index is 0. The molecule has 39 heavy (non-hydrogen) atoms. The molecule has 0 aliphatic carbocycles. The number of nitrogens with zero attached hydrogens (tertiary/aromatic N) is 3. The fourth-order valence-corrected chi connectivity index (χ4v) is 4.47. The van der Waals surface area contributed by atoms with Gasteiger partial charge in [0.05, 0.1) is 49.8 Å². The van der Waals surface area contributed by atoms with Crippen molar-refractivity contribution in [3.05, 3.63) is 28.2 Å². The van der Waals surface area contributed by atoms with Crippen molar-refractivity contribution < 1.29 is 36.0 Å². The molecule has 0 atom stereocenters. The van der Waals surface area contributed by atoms with Crippen LogP contribution in [0.4, 0.5) is 0 Å². The van der Waals surface area contributed by atoms with Crippen LogP contribution >= 0.6 is 78.8 Å². The summed E-state index contributed by atoms with van der Waals surface area (Å²) in [4.78, 5) is 20.4. The Hall–Kier alpha value is 0.780. The Balaban J connectivity index is -0.000000227. The van der Waals surface area contributed by atoms with Crippen LogP contribution in [0.25, 0.3) is 0 Å². The third-order valence-electron chi connectivity index (χ3n) is 4.63. The molecule has 7 nitrogen and oxygen atoms in total. The van der Waals surface area contributed by atoms with Gasteiger partial charge in [-0.05, 0) is 39.1 Å². The predicted molar refractivity (Wildman–Crippen MR) is 176 cm³/mol. The van der Waals surface area contributed by atoms with E-state index in [2.05, 4.69) is 66.4 Å². The van der Waals surface area contributed by atoms with Crippen LogP contribution in [0.15, 0.2) is 18.2 Å². The molecule has 1 aromatic carbocycles. The van der Waals surface area contributed by atoms with Crippen LogP contribution in [0.1, 0.15) is 27.7 Å². The van der Waals surface area contributed by atoms with E-state index in [0.717, 1.165) is 55.4 Å². The molecule has 0 radical (unpaired) electrons. The first kappa shape index (κ1) is 46.7. The van der Waals surface area contributed by atoms with Crippen LogP contribution in [0.5, 0.6) is 5.75 Å². The van der Waals surface area contributed by atoms with Gasteiger partial charge in [0.1, 0.15) is 16.7 Å². The maximum Gasteiger partial charge on any atom is 0.326 e. The maximum absolute atomic E-state index is 9.84. The summed E-state index contributed by atoms with van der Waals surface area (Å²) in [7, 11) is 2.58. The summed E-state index contributed by atoms with van der Waals surface area (Å²) in [6.45, 7) is 15.0. The first-order chi connectivity index (χ1) is 17.5. The van der Waals surface area contributed by atoms with Crippen molar-refractivity contribution in [3.63, 3.8) is 0 Å². The van der Waals surface area contributed by atoms with Gasteiger partial charge in [-0.3, -0.25) is 4.57 Å². The SMILES string of the molecule is CCN(CC)C(=S)S.CCN(CC)CCOc1ccc(Cl)c(Cl)c1.C[N+](C)(C)CCCl.O=P(O)(O)CCCl.[Cl-]. The predicted octanol–water partition coefficient (Wildman–Crippen LogP) is 3.60. The van der Waals surface area contributed by atoms with Gasteiger partial charge in [-0.25, -0.2) is 0 Å². The molecule has 0 aliphatic heterocycles. The van der Waals surface area contributed by atoms with E-state index in [1.165, 1.54) is 0 Å². The lowest BCUT2D eigenvalue weighted by molar-refractivity contribution is -0.867. The van der Waals surface area contributed by atoms with E-state index >= 15 is 0 Å². The highest BCUT2D eigenvalue weighted by Gasteiger charge is 2.09. The van der Waals surface area contributed by atoms with Gasteiger partial charge in [-0.1, -0.05) is 49.3 Å². The summed E-state index contributed by atoms with van der Waals surface area (Å²) in [5, 5.41) is 1.08. The van der Waals surface area contributed by atoms with Crippen molar-refractivity contribution in [2.24, 2.45) is 0 Å². The number of benzene rings is 1. The molecule has 0 saturated heterocycles. The van der Waals surface area contributed by atoms with Crippen LogP contribution in [-0.4, -0.2) is 113 Å². The maximum atomic E-state index is 9.84. The zero-order chi connectivity index (χ0) is 30.4. The van der Waals surface area contributed by atoms with Gasteiger partial charge in [0, 0.05) is 31.6 Å². The number of hydrogen-bond acceptors (Lipinski definition) is 4. The second kappa shape index (κ2) is 27.6. The first-order valence-corrected chi connectivity index (χ1v) is 16.7. The molecule has 15 heteroatoms. The fraction of sp³-hybridized carbons (Fsp3) is 0.708. The summed E-state index contributed by atoms with van der Waals surface area (Å²) < 4.78 is 17.1. The molecule has 2 N–H and O–H groups in total. The van der Waals surface area contributed by atoms with Gasteiger partial charge in [0.25, 0.3) is 0 Å². The van der Waals surface area contributed by atoms with Crippen LogP contribution in [-0.2, 0) is 4.57 Å². The van der Waals surface area contributed by atoms with Crippen molar-refractivity contribution in [1.82, 2.24) is 9.80 Å². The number of rotatable bonds is 12. The molecular formula is C24H47Cl5N3O4PS2. The lowest BCUT2D eigenvalue weighted by Crippen LogP contribution is -3.00. The minimum atomic E-state index is -3.80.